The summed E-state index contributed by atoms with van der Waals surface area (Å²) in [5.74, 6) is 0.236. The average Bonchev–Trinajstić information content (AvgIpc) is 2.15. The molecule has 86 valence electrons. The van der Waals surface area contributed by atoms with E-state index in [0.717, 1.165) is 5.56 Å². The van der Waals surface area contributed by atoms with Crippen LogP contribution in [-0.4, -0.2) is 23.5 Å². The Labute approximate surface area is 97.7 Å². The van der Waals surface area contributed by atoms with Crippen LogP contribution >= 0.6 is 0 Å². The van der Waals surface area contributed by atoms with Crippen LogP contribution in [0.25, 0.3) is 0 Å². The maximum absolute atomic E-state index is 11.6. The first-order valence-corrected chi connectivity index (χ1v) is 6.51. The van der Waals surface area contributed by atoms with Crippen LogP contribution in [0.15, 0.2) is 30.3 Å². The first kappa shape index (κ1) is 11.4. The van der Waals surface area contributed by atoms with Gasteiger partial charge in [-0.15, -0.1) is 0 Å². The third-order valence-electron chi connectivity index (χ3n) is 2.51. The molecule has 2 rings (SSSR count). The highest BCUT2D eigenvalue weighted by molar-refractivity contribution is 7.89. The molecular weight excluding hydrogens is 224 g/mol. The van der Waals surface area contributed by atoms with Crippen molar-refractivity contribution < 1.29 is 9.35 Å². The van der Waals surface area contributed by atoms with Gasteiger partial charge in [0.15, 0.2) is 5.75 Å². The van der Waals surface area contributed by atoms with Gasteiger partial charge >= 0.3 is 0 Å². The highest BCUT2D eigenvalue weighted by Crippen LogP contribution is 2.07. The fourth-order valence-corrected chi connectivity index (χ4v) is 2.39. The van der Waals surface area contributed by atoms with E-state index in [1.165, 1.54) is 0 Å². The quantitative estimate of drug-likeness (QED) is 0.736. The maximum atomic E-state index is 11.6. The molecule has 1 unspecified atom stereocenters. The molecule has 1 heterocycles. The Morgan fingerprint density at radius 3 is 2.69 bits per heavy atom. The van der Waals surface area contributed by atoms with Gasteiger partial charge in [-0.25, -0.2) is 0 Å². The van der Waals surface area contributed by atoms with E-state index in [-0.39, 0.29) is 11.8 Å². The van der Waals surface area contributed by atoms with Crippen molar-refractivity contribution in [2.75, 3.05) is 13.1 Å². The highest BCUT2D eigenvalue weighted by atomic mass is 32.2. The molecule has 1 amide bonds. The molecule has 0 aliphatic carbocycles. The molecular formula is C11H14N2O2S. The summed E-state index contributed by atoms with van der Waals surface area (Å²) in [5.41, 5.74) is 0.966. The van der Waals surface area contributed by atoms with E-state index in [4.69, 9.17) is 0 Å². The summed E-state index contributed by atoms with van der Waals surface area (Å²) >= 11 is -1.32. The van der Waals surface area contributed by atoms with Crippen molar-refractivity contribution in [3.05, 3.63) is 35.9 Å². The summed E-state index contributed by atoms with van der Waals surface area (Å²) in [6, 6.07) is 9.49. The molecule has 16 heavy (non-hydrogen) atoms. The van der Waals surface area contributed by atoms with Crippen LogP contribution in [0.1, 0.15) is 5.56 Å². The van der Waals surface area contributed by atoms with Gasteiger partial charge in [-0.3, -0.25) is 4.79 Å². The van der Waals surface area contributed by atoms with Gasteiger partial charge in [0.25, 0.3) is 5.91 Å². The minimum absolute atomic E-state index is 0.0141. The van der Waals surface area contributed by atoms with E-state index < -0.39 is 11.4 Å². The predicted molar refractivity (Wildman–Crippen MR) is 62.8 cm³/mol. The van der Waals surface area contributed by atoms with Crippen molar-refractivity contribution in [1.82, 2.24) is 10.0 Å². The Morgan fingerprint density at radius 2 is 2.12 bits per heavy atom. The molecule has 4 nitrogen and oxygen atoms in total. The molecule has 2 N–H and O–H groups in total. The maximum Gasteiger partial charge on any atom is 0.266 e. The van der Waals surface area contributed by atoms with Crippen LogP contribution in [0.3, 0.4) is 0 Å². The highest BCUT2D eigenvalue weighted by Gasteiger charge is 2.27. The summed E-state index contributed by atoms with van der Waals surface area (Å²) in [6.07, 6.45) is 0. The number of hydrogen-bond donors (Lipinski definition) is 2. The zero-order valence-electron chi connectivity index (χ0n) is 8.81. The number of rotatable bonds is 4. The molecule has 0 aromatic heterocycles. The van der Waals surface area contributed by atoms with Crippen LogP contribution in [-0.2, 0) is 21.9 Å². The van der Waals surface area contributed by atoms with Gasteiger partial charge in [0, 0.05) is 18.7 Å². The van der Waals surface area contributed by atoms with Crippen molar-refractivity contribution in [2.45, 2.75) is 5.75 Å². The van der Waals surface area contributed by atoms with Crippen molar-refractivity contribution in [3.63, 3.8) is 0 Å². The molecule has 1 atom stereocenters. The van der Waals surface area contributed by atoms with Crippen LogP contribution in [0.4, 0.5) is 0 Å². The van der Waals surface area contributed by atoms with E-state index in [0.29, 0.717) is 18.8 Å². The van der Waals surface area contributed by atoms with E-state index in [1.807, 2.05) is 30.3 Å². The number of amides is 1. The lowest BCUT2D eigenvalue weighted by Crippen LogP contribution is -2.52. The third-order valence-corrected chi connectivity index (χ3v) is 3.53. The van der Waals surface area contributed by atoms with Crippen LogP contribution in [0.5, 0.6) is 0 Å². The van der Waals surface area contributed by atoms with Gasteiger partial charge in [-0.1, -0.05) is 30.3 Å². The van der Waals surface area contributed by atoms with Gasteiger partial charge in [-0.2, -0.15) is 4.72 Å². The average molecular weight is 238 g/mol. The van der Waals surface area contributed by atoms with E-state index in [2.05, 4.69) is 10.0 Å². The minimum Gasteiger partial charge on any atom is -0.593 e. The lowest BCUT2D eigenvalue weighted by atomic mass is 10.0. The fourth-order valence-electron chi connectivity index (χ4n) is 1.43. The molecule has 1 aromatic rings. The topological polar surface area (TPSA) is 64.2 Å². The van der Waals surface area contributed by atoms with Crippen LogP contribution in [0.2, 0.25) is 0 Å². The molecule has 5 heteroatoms. The first-order valence-electron chi connectivity index (χ1n) is 5.19. The lowest BCUT2D eigenvalue weighted by Gasteiger charge is -2.25. The molecule has 0 radical (unpaired) electrons. The summed E-state index contributed by atoms with van der Waals surface area (Å²) in [4.78, 5) is 11.5. The second-order valence-electron chi connectivity index (χ2n) is 3.80. The third kappa shape index (κ3) is 2.98. The Balaban J connectivity index is 1.79. The molecule has 1 aliphatic rings. The number of benzene rings is 1. The smallest absolute Gasteiger partial charge is 0.266 e. The molecule has 1 aromatic carbocycles. The van der Waals surface area contributed by atoms with E-state index >= 15 is 0 Å². The van der Waals surface area contributed by atoms with Gasteiger partial charge in [0.05, 0.1) is 17.3 Å². The molecule has 1 saturated heterocycles. The predicted octanol–water partition coefficient (Wildman–Crippen LogP) is 0.186. The Morgan fingerprint density at radius 1 is 1.44 bits per heavy atom. The summed E-state index contributed by atoms with van der Waals surface area (Å²) in [5, 5.41) is 3.01. The normalized spacial score (nSPS) is 17.6. The van der Waals surface area contributed by atoms with Crippen LogP contribution < -0.4 is 10.0 Å². The van der Waals surface area contributed by atoms with Gasteiger partial charge < -0.3 is 9.87 Å². The van der Waals surface area contributed by atoms with Gasteiger partial charge in [0.1, 0.15) is 0 Å². The van der Waals surface area contributed by atoms with Crippen molar-refractivity contribution in [1.29, 1.82) is 0 Å². The second kappa shape index (κ2) is 5.34. The fraction of sp³-hybridized carbons (Fsp3) is 0.364. The Bertz CT molecular complexity index is 354. The largest absolute Gasteiger partial charge is 0.593 e. The number of nitrogens with one attached hydrogen (secondary N) is 2. The van der Waals surface area contributed by atoms with E-state index in [1.54, 1.807) is 0 Å². The van der Waals surface area contributed by atoms with Crippen molar-refractivity contribution >= 4 is 17.3 Å². The number of carbonyl (C=O) groups excluding carboxylic acids is 1. The van der Waals surface area contributed by atoms with Crippen molar-refractivity contribution in [2.24, 2.45) is 5.92 Å². The molecule has 0 bridgehead atoms. The number of carbonyl (C=O) groups is 1. The molecule has 1 aliphatic heterocycles. The molecule has 0 saturated carbocycles. The Hall–Kier alpha value is -1.04. The molecule has 0 spiro atoms. The Kier molecular flexibility index (Phi) is 3.82. The van der Waals surface area contributed by atoms with Crippen molar-refractivity contribution in [3.8, 4) is 0 Å². The summed E-state index contributed by atoms with van der Waals surface area (Å²) in [6.45, 7) is 1.38. The van der Waals surface area contributed by atoms with Crippen LogP contribution in [0, 0.1) is 5.92 Å². The number of hydrogen-bond acceptors (Lipinski definition) is 3. The SMILES string of the molecule is O=C(N[S+]([O-])Cc1ccccc1)C1CNC1. The minimum atomic E-state index is -1.32. The van der Waals surface area contributed by atoms with E-state index in [9.17, 15) is 9.35 Å². The summed E-state index contributed by atoms with van der Waals surface area (Å²) in [7, 11) is 0. The zero-order valence-corrected chi connectivity index (χ0v) is 9.63. The monoisotopic (exact) mass is 238 g/mol. The zero-order chi connectivity index (χ0) is 11.4. The van der Waals surface area contributed by atoms with Gasteiger partial charge in [0.2, 0.25) is 0 Å². The van der Waals surface area contributed by atoms with Gasteiger partial charge in [-0.05, 0) is 0 Å². The first-order chi connectivity index (χ1) is 7.75. The summed E-state index contributed by atoms with van der Waals surface area (Å²) < 4.78 is 14.1. The lowest BCUT2D eigenvalue weighted by molar-refractivity contribution is -0.124. The molecule has 1 fully saturated rings. The standard InChI is InChI=1S/C11H14N2O2S/c14-11(10-6-12-7-10)13-16(15)8-9-4-2-1-3-5-9/h1-5,10,12H,6-8H2,(H,13,14). The second-order valence-corrected chi connectivity index (χ2v) is 4.98.